The number of rotatable bonds is 1. The lowest BCUT2D eigenvalue weighted by Gasteiger charge is -2.30. The first-order valence-corrected chi connectivity index (χ1v) is 8.41. The SMILES string of the molecule is CN1C2C=C(c3cccc4cc(I)ccc34)CC1CC2. The van der Waals surface area contributed by atoms with Gasteiger partial charge in [-0.25, -0.2) is 0 Å². The Morgan fingerprint density at radius 2 is 2.05 bits per heavy atom. The Morgan fingerprint density at radius 1 is 1.15 bits per heavy atom. The Morgan fingerprint density at radius 3 is 2.90 bits per heavy atom. The van der Waals surface area contributed by atoms with Crippen molar-refractivity contribution in [3.63, 3.8) is 0 Å². The first-order chi connectivity index (χ1) is 9.72. The molecule has 20 heavy (non-hydrogen) atoms. The first-order valence-electron chi connectivity index (χ1n) is 7.33. The molecular weight excluding hydrogens is 357 g/mol. The van der Waals surface area contributed by atoms with Gasteiger partial charge in [-0.05, 0) is 82.9 Å². The molecule has 0 aromatic heterocycles. The number of hydrogen-bond donors (Lipinski definition) is 0. The van der Waals surface area contributed by atoms with Crippen LogP contribution in [0.1, 0.15) is 24.8 Å². The molecule has 0 aliphatic carbocycles. The van der Waals surface area contributed by atoms with Gasteiger partial charge in [0.25, 0.3) is 0 Å². The van der Waals surface area contributed by atoms with Crippen molar-refractivity contribution >= 4 is 38.9 Å². The average molecular weight is 375 g/mol. The molecule has 1 saturated heterocycles. The molecule has 102 valence electrons. The van der Waals surface area contributed by atoms with E-state index in [1.807, 2.05) is 0 Å². The van der Waals surface area contributed by atoms with Gasteiger partial charge in [-0.15, -0.1) is 0 Å². The molecule has 0 saturated carbocycles. The zero-order valence-electron chi connectivity index (χ0n) is 11.6. The molecule has 2 bridgehead atoms. The molecule has 2 aliphatic heterocycles. The van der Waals surface area contributed by atoms with Crippen LogP contribution in [0.2, 0.25) is 0 Å². The van der Waals surface area contributed by atoms with Gasteiger partial charge in [0.2, 0.25) is 0 Å². The van der Waals surface area contributed by atoms with Crippen LogP contribution in [0, 0.1) is 3.57 Å². The van der Waals surface area contributed by atoms with Gasteiger partial charge in [0.1, 0.15) is 0 Å². The number of hydrogen-bond acceptors (Lipinski definition) is 1. The van der Waals surface area contributed by atoms with Crippen LogP contribution in [0.4, 0.5) is 0 Å². The monoisotopic (exact) mass is 375 g/mol. The molecule has 2 aliphatic rings. The maximum atomic E-state index is 2.55. The third-order valence-corrected chi connectivity index (χ3v) is 5.60. The second-order valence-electron chi connectivity index (χ2n) is 6.03. The fourth-order valence-corrected chi connectivity index (χ4v) is 4.29. The van der Waals surface area contributed by atoms with Crippen LogP contribution in [0.25, 0.3) is 16.3 Å². The number of benzene rings is 2. The smallest absolute Gasteiger partial charge is 0.0284 e. The Kier molecular flexibility index (Phi) is 3.11. The van der Waals surface area contributed by atoms with Gasteiger partial charge in [-0.1, -0.05) is 30.3 Å². The number of fused-ring (bicyclic) bond motifs is 3. The van der Waals surface area contributed by atoms with Crippen LogP contribution in [0.5, 0.6) is 0 Å². The standard InChI is InChI=1S/C18H18IN/c1-20-15-6-7-16(20)11-13(10-15)17-4-2-3-12-9-14(19)5-8-18(12)17/h2-5,8-10,15-16H,6-7,11H2,1H3. The van der Waals surface area contributed by atoms with E-state index >= 15 is 0 Å². The molecule has 2 atom stereocenters. The van der Waals surface area contributed by atoms with Gasteiger partial charge in [-0.2, -0.15) is 0 Å². The topological polar surface area (TPSA) is 3.24 Å². The summed E-state index contributed by atoms with van der Waals surface area (Å²) in [6.45, 7) is 0. The van der Waals surface area contributed by atoms with Crippen molar-refractivity contribution in [3.8, 4) is 0 Å². The van der Waals surface area contributed by atoms with E-state index in [1.54, 1.807) is 5.57 Å². The van der Waals surface area contributed by atoms with Crippen molar-refractivity contribution in [1.82, 2.24) is 4.90 Å². The van der Waals surface area contributed by atoms with Crippen molar-refractivity contribution in [2.24, 2.45) is 0 Å². The highest BCUT2D eigenvalue weighted by Crippen LogP contribution is 2.39. The Hall–Kier alpha value is -0.870. The molecule has 2 heterocycles. The Balaban J connectivity index is 1.85. The highest BCUT2D eigenvalue weighted by Gasteiger charge is 2.34. The summed E-state index contributed by atoms with van der Waals surface area (Å²) in [6.07, 6.45) is 6.39. The summed E-state index contributed by atoms with van der Waals surface area (Å²) in [5.41, 5.74) is 3.01. The summed E-state index contributed by atoms with van der Waals surface area (Å²) < 4.78 is 1.31. The summed E-state index contributed by atoms with van der Waals surface area (Å²) in [7, 11) is 2.28. The van der Waals surface area contributed by atoms with Gasteiger partial charge in [-0.3, -0.25) is 4.90 Å². The van der Waals surface area contributed by atoms with Crippen molar-refractivity contribution < 1.29 is 0 Å². The predicted molar refractivity (Wildman–Crippen MR) is 93.8 cm³/mol. The first kappa shape index (κ1) is 12.8. The average Bonchev–Trinajstić information content (AvgIpc) is 2.68. The summed E-state index contributed by atoms with van der Waals surface area (Å²) in [4.78, 5) is 2.55. The molecule has 0 N–H and O–H groups in total. The summed E-state index contributed by atoms with van der Waals surface area (Å²) in [5.74, 6) is 0. The van der Waals surface area contributed by atoms with E-state index in [-0.39, 0.29) is 0 Å². The largest absolute Gasteiger partial charge is 0.297 e. The van der Waals surface area contributed by atoms with Crippen LogP contribution in [0.3, 0.4) is 0 Å². The van der Waals surface area contributed by atoms with E-state index in [0.717, 1.165) is 6.04 Å². The molecule has 2 heteroatoms. The summed E-state index contributed by atoms with van der Waals surface area (Å²) >= 11 is 2.39. The number of halogens is 1. The van der Waals surface area contributed by atoms with Gasteiger partial charge >= 0.3 is 0 Å². The van der Waals surface area contributed by atoms with E-state index in [1.165, 1.54) is 39.2 Å². The molecule has 1 nitrogen and oxygen atoms in total. The minimum absolute atomic E-state index is 0.655. The van der Waals surface area contributed by atoms with E-state index in [0.29, 0.717) is 6.04 Å². The maximum absolute atomic E-state index is 2.55. The van der Waals surface area contributed by atoms with Crippen LogP contribution in [-0.2, 0) is 0 Å². The minimum Gasteiger partial charge on any atom is -0.297 e. The van der Waals surface area contributed by atoms with Gasteiger partial charge < -0.3 is 0 Å². The second kappa shape index (κ2) is 4.85. The fourth-order valence-electron chi connectivity index (χ4n) is 3.78. The van der Waals surface area contributed by atoms with Crippen LogP contribution in [0.15, 0.2) is 42.5 Å². The zero-order chi connectivity index (χ0) is 13.7. The van der Waals surface area contributed by atoms with Crippen LogP contribution in [-0.4, -0.2) is 24.0 Å². The molecule has 0 radical (unpaired) electrons. The second-order valence-corrected chi connectivity index (χ2v) is 7.28. The van der Waals surface area contributed by atoms with Gasteiger partial charge in [0.05, 0.1) is 0 Å². The molecule has 1 fully saturated rings. The molecule has 2 unspecified atom stereocenters. The lowest BCUT2D eigenvalue weighted by Crippen LogP contribution is -2.34. The number of nitrogens with zero attached hydrogens (tertiary/aromatic N) is 1. The highest BCUT2D eigenvalue weighted by molar-refractivity contribution is 14.1. The van der Waals surface area contributed by atoms with E-state index in [9.17, 15) is 0 Å². The minimum atomic E-state index is 0.655. The molecule has 0 amide bonds. The Bertz CT molecular complexity index is 704. The van der Waals surface area contributed by atoms with Gasteiger partial charge in [0, 0.05) is 15.7 Å². The van der Waals surface area contributed by atoms with E-state index in [2.05, 4.69) is 77.0 Å². The lowest BCUT2D eigenvalue weighted by molar-refractivity contribution is 0.264. The molecular formula is C18H18IN. The normalized spacial score (nSPS) is 26.0. The number of likely N-dealkylation sites (N-methyl/N-ethyl adjacent to an activating group) is 1. The highest BCUT2D eigenvalue weighted by atomic mass is 127. The van der Waals surface area contributed by atoms with Crippen molar-refractivity contribution in [2.75, 3.05) is 7.05 Å². The van der Waals surface area contributed by atoms with E-state index in [4.69, 9.17) is 0 Å². The van der Waals surface area contributed by atoms with Crippen molar-refractivity contribution in [2.45, 2.75) is 31.3 Å². The third-order valence-electron chi connectivity index (χ3n) is 4.93. The van der Waals surface area contributed by atoms with Crippen LogP contribution < -0.4 is 0 Å². The van der Waals surface area contributed by atoms with Crippen molar-refractivity contribution in [1.29, 1.82) is 0 Å². The summed E-state index contributed by atoms with van der Waals surface area (Å²) in [6, 6.07) is 14.9. The summed E-state index contributed by atoms with van der Waals surface area (Å²) in [5, 5.41) is 2.77. The zero-order valence-corrected chi connectivity index (χ0v) is 13.8. The third kappa shape index (κ3) is 2.01. The molecule has 2 aromatic carbocycles. The Labute approximate surface area is 133 Å². The molecule has 2 aromatic rings. The predicted octanol–water partition coefficient (Wildman–Crippen LogP) is 4.69. The maximum Gasteiger partial charge on any atom is 0.0284 e. The quantitative estimate of drug-likeness (QED) is 0.654. The lowest BCUT2D eigenvalue weighted by atomic mass is 9.91. The fraction of sp³-hybridized carbons (Fsp3) is 0.333. The van der Waals surface area contributed by atoms with Crippen LogP contribution >= 0.6 is 22.6 Å². The molecule has 0 spiro atoms. The van der Waals surface area contributed by atoms with Gasteiger partial charge in [0.15, 0.2) is 0 Å². The van der Waals surface area contributed by atoms with Crippen molar-refractivity contribution in [3.05, 3.63) is 51.6 Å². The van der Waals surface area contributed by atoms with E-state index < -0.39 is 0 Å². The molecule has 4 rings (SSSR count).